The molecule has 0 aliphatic heterocycles. The first-order chi connectivity index (χ1) is 9.65. The van der Waals surface area contributed by atoms with E-state index in [0.717, 1.165) is 17.9 Å². The van der Waals surface area contributed by atoms with Gasteiger partial charge in [0.15, 0.2) is 0 Å². The van der Waals surface area contributed by atoms with Crippen LogP contribution in [-0.2, 0) is 7.05 Å². The number of carbonyl (C=O) groups excluding carboxylic acids is 1. The number of aryl methyl sites for hydroxylation is 1. The summed E-state index contributed by atoms with van der Waals surface area (Å²) in [5.74, 6) is 0.383. The highest BCUT2D eigenvalue weighted by molar-refractivity contribution is 6.31. The smallest absolute Gasteiger partial charge is 0.269 e. The van der Waals surface area contributed by atoms with Crippen molar-refractivity contribution in [2.75, 3.05) is 0 Å². The number of nitrogens with one attached hydrogen (secondary N) is 1. The summed E-state index contributed by atoms with van der Waals surface area (Å²) in [6, 6.07) is 9.86. The largest absolute Gasteiger partial charge is 0.348 e. The van der Waals surface area contributed by atoms with Crippen molar-refractivity contribution in [1.29, 1.82) is 0 Å². The minimum Gasteiger partial charge on any atom is -0.348 e. The van der Waals surface area contributed by atoms with Crippen LogP contribution in [0.2, 0.25) is 5.02 Å². The monoisotopic (exact) mass is 289 g/mol. The second-order valence-electron chi connectivity index (χ2n) is 5.20. The van der Waals surface area contributed by atoms with Gasteiger partial charge in [-0.2, -0.15) is 5.10 Å². The lowest BCUT2D eigenvalue weighted by Crippen LogP contribution is -2.43. The number of hydrogen-bond donors (Lipinski definition) is 1. The maximum absolute atomic E-state index is 12.0. The van der Waals surface area contributed by atoms with Crippen LogP contribution in [-0.4, -0.2) is 21.7 Å². The molecule has 1 amide bonds. The summed E-state index contributed by atoms with van der Waals surface area (Å²) < 4.78 is 1.58. The lowest BCUT2D eigenvalue weighted by atomic mass is 9.76. The molecule has 2 aromatic rings. The van der Waals surface area contributed by atoms with Crippen LogP contribution in [0.4, 0.5) is 0 Å². The topological polar surface area (TPSA) is 46.9 Å². The number of rotatable bonds is 3. The predicted octanol–water partition coefficient (Wildman–Crippen LogP) is 2.75. The highest BCUT2D eigenvalue weighted by atomic mass is 35.5. The summed E-state index contributed by atoms with van der Waals surface area (Å²) in [4.78, 5) is 12.0. The fourth-order valence-corrected chi connectivity index (χ4v) is 2.94. The predicted molar refractivity (Wildman–Crippen MR) is 77.9 cm³/mol. The van der Waals surface area contributed by atoms with Crippen LogP contribution < -0.4 is 5.32 Å². The molecule has 104 valence electrons. The highest BCUT2D eigenvalue weighted by Gasteiger charge is 2.32. The van der Waals surface area contributed by atoms with Crippen molar-refractivity contribution in [3.8, 4) is 0 Å². The van der Waals surface area contributed by atoms with E-state index >= 15 is 0 Å². The van der Waals surface area contributed by atoms with E-state index < -0.39 is 0 Å². The molecular weight excluding hydrogens is 274 g/mol. The minimum atomic E-state index is -0.0624. The van der Waals surface area contributed by atoms with Crippen molar-refractivity contribution in [3.05, 3.63) is 52.8 Å². The third kappa shape index (κ3) is 2.43. The van der Waals surface area contributed by atoms with Gasteiger partial charge in [0.1, 0.15) is 5.69 Å². The van der Waals surface area contributed by atoms with E-state index in [1.165, 1.54) is 5.56 Å². The van der Waals surface area contributed by atoms with Crippen molar-refractivity contribution in [3.63, 3.8) is 0 Å². The second-order valence-corrected chi connectivity index (χ2v) is 5.61. The Labute approximate surface area is 122 Å². The SMILES string of the molecule is Cn1nccc1C(=O)NC1CC(c2ccccc2Cl)C1. The van der Waals surface area contributed by atoms with Crippen LogP contribution in [0.25, 0.3) is 0 Å². The van der Waals surface area contributed by atoms with Crippen LogP contribution in [0.3, 0.4) is 0 Å². The molecule has 0 spiro atoms. The zero-order chi connectivity index (χ0) is 14.1. The lowest BCUT2D eigenvalue weighted by molar-refractivity contribution is 0.0899. The van der Waals surface area contributed by atoms with Crippen molar-refractivity contribution in [2.24, 2.45) is 7.05 Å². The van der Waals surface area contributed by atoms with Gasteiger partial charge in [-0.3, -0.25) is 9.48 Å². The Hall–Kier alpha value is -1.81. The first-order valence-corrected chi connectivity index (χ1v) is 7.06. The molecule has 1 N–H and O–H groups in total. The third-order valence-corrected chi connectivity index (χ3v) is 4.22. The summed E-state index contributed by atoms with van der Waals surface area (Å²) in [6.45, 7) is 0. The Morgan fingerprint density at radius 2 is 2.10 bits per heavy atom. The number of carbonyl (C=O) groups is 1. The zero-order valence-electron chi connectivity index (χ0n) is 11.2. The molecule has 1 heterocycles. The number of nitrogens with zero attached hydrogens (tertiary/aromatic N) is 2. The van der Waals surface area contributed by atoms with Gasteiger partial charge in [-0.1, -0.05) is 29.8 Å². The van der Waals surface area contributed by atoms with Crippen LogP contribution in [0.5, 0.6) is 0 Å². The molecule has 1 aliphatic rings. The van der Waals surface area contributed by atoms with Gasteiger partial charge >= 0.3 is 0 Å². The first kappa shape index (κ1) is 13.2. The maximum Gasteiger partial charge on any atom is 0.269 e. The van der Waals surface area contributed by atoms with E-state index in [2.05, 4.69) is 16.5 Å². The Balaban J connectivity index is 1.58. The van der Waals surface area contributed by atoms with Gasteiger partial charge in [0.25, 0.3) is 5.91 Å². The van der Waals surface area contributed by atoms with Crippen LogP contribution >= 0.6 is 11.6 Å². The molecule has 4 nitrogen and oxygen atoms in total. The average Bonchev–Trinajstić information content (AvgIpc) is 2.81. The molecule has 1 aromatic heterocycles. The van der Waals surface area contributed by atoms with E-state index in [1.807, 2.05) is 18.2 Å². The summed E-state index contributed by atoms with van der Waals surface area (Å²) >= 11 is 6.19. The molecule has 1 saturated carbocycles. The molecule has 1 aromatic carbocycles. The van der Waals surface area contributed by atoms with E-state index in [1.54, 1.807) is 24.0 Å². The van der Waals surface area contributed by atoms with Crippen LogP contribution in [0, 0.1) is 0 Å². The molecule has 20 heavy (non-hydrogen) atoms. The molecule has 1 aliphatic carbocycles. The van der Waals surface area contributed by atoms with Crippen molar-refractivity contribution >= 4 is 17.5 Å². The van der Waals surface area contributed by atoms with E-state index in [0.29, 0.717) is 11.6 Å². The molecular formula is C15H16ClN3O. The summed E-state index contributed by atoms with van der Waals surface area (Å²) in [5.41, 5.74) is 1.77. The Morgan fingerprint density at radius 3 is 2.75 bits per heavy atom. The maximum atomic E-state index is 12.0. The molecule has 0 radical (unpaired) electrons. The van der Waals surface area contributed by atoms with Crippen molar-refractivity contribution in [2.45, 2.75) is 24.8 Å². The quantitative estimate of drug-likeness (QED) is 0.944. The Kier molecular flexibility index (Phi) is 3.49. The molecule has 5 heteroatoms. The molecule has 0 bridgehead atoms. The molecule has 3 rings (SSSR count). The Bertz CT molecular complexity index is 632. The number of hydrogen-bond acceptors (Lipinski definition) is 2. The lowest BCUT2D eigenvalue weighted by Gasteiger charge is -2.36. The summed E-state index contributed by atoms with van der Waals surface area (Å²) in [6.07, 6.45) is 3.50. The fourth-order valence-electron chi connectivity index (χ4n) is 2.65. The fraction of sp³-hybridized carbons (Fsp3) is 0.333. The average molecular weight is 290 g/mol. The summed E-state index contributed by atoms with van der Waals surface area (Å²) in [7, 11) is 1.77. The summed E-state index contributed by atoms with van der Waals surface area (Å²) in [5, 5.41) is 7.85. The van der Waals surface area contributed by atoms with Gasteiger partial charge in [-0.05, 0) is 36.5 Å². The van der Waals surface area contributed by atoms with Crippen molar-refractivity contribution < 1.29 is 4.79 Å². The minimum absolute atomic E-state index is 0.0624. The standard InChI is InChI=1S/C15H16ClN3O/c1-19-14(6-7-17-19)15(20)18-11-8-10(9-11)12-4-2-3-5-13(12)16/h2-7,10-11H,8-9H2,1H3,(H,18,20). The normalized spacial score (nSPS) is 21.3. The number of amides is 1. The molecule has 1 fully saturated rings. The first-order valence-electron chi connectivity index (χ1n) is 6.68. The van der Waals surface area contributed by atoms with Gasteiger partial charge in [0, 0.05) is 24.3 Å². The Morgan fingerprint density at radius 1 is 1.35 bits per heavy atom. The van der Waals surface area contributed by atoms with Gasteiger partial charge in [0.05, 0.1) is 0 Å². The van der Waals surface area contributed by atoms with Gasteiger partial charge < -0.3 is 5.32 Å². The van der Waals surface area contributed by atoms with E-state index in [-0.39, 0.29) is 11.9 Å². The zero-order valence-corrected chi connectivity index (χ0v) is 12.0. The molecule has 0 saturated heterocycles. The van der Waals surface area contributed by atoms with E-state index in [9.17, 15) is 4.79 Å². The molecule has 0 unspecified atom stereocenters. The van der Waals surface area contributed by atoms with Gasteiger partial charge in [-0.15, -0.1) is 0 Å². The number of benzene rings is 1. The highest BCUT2D eigenvalue weighted by Crippen LogP contribution is 2.39. The van der Waals surface area contributed by atoms with Gasteiger partial charge in [0.2, 0.25) is 0 Å². The number of aromatic nitrogens is 2. The van der Waals surface area contributed by atoms with E-state index in [4.69, 9.17) is 11.6 Å². The molecule has 0 atom stereocenters. The van der Waals surface area contributed by atoms with Crippen LogP contribution in [0.1, 0.15) is 34.8 Å². The van der Waals surface area contributed by atoms with Crippen LogP contribution in [0.15, 0.2) is 36.5 Å². The third-order valence-electron chi connectivity index (χ3n) is 3.87. The van der Waals surface area contributed by atoms with Gasteiger partial charge in [-0.25, -0.2) is 0 Å². The van der Waals surface area contributed by atoms with Crippen molar-refractivity contribution in [1.82, 2.24) is 15.1 Å². The second kappa shape index (κ2) is 5.29. The number of halogens is 1.